The average molecular weight is 328 g/mol. The molecule has 0 aliphatic carbocycles. The summed E-state index contributed by atoms with van der Waals surface area (Å²) in [6.45, 7) is 7.56. The minimum atomic E-state index is -2.15. The zero-order chi connectivity index (χ0) is 17.5. The number of hydrogen-bond donors (Lipinski definition) is 0. The highest BCUT2D eigenvalue weighted by Crippen LogP contribution is 2.35. The molecule has 0 amide bonds. The molecule has 0 bridgehead atoms. The maximum atomic E-state index is 14.0. The van der Waals surface area contributed by atoms with Crippen LogP contribution in [0.5, 0.6) is 0 Å². The Hall–Kier alpha value is -1.91. The van der Waals surface area contributed by atoms with E-state index in [9.17, 15) is 22.0 Å². The van der Waals surface area contributed by atoms with Crippen LogP contribution in [-0.4, -0.2) is 0 Å². The molecular weight excluding hydrogens is 311 g/mol. The second-order valence-corrected chi connectivity index (χ2v) is 6.14. The molecule has 0 aromatic heterocycles. The van der Waals surface area contributed by atoms with E-state index in [4.69, 9.17) is 0 Å². The summed E-state index contributed by atoms with van der Waals surface area (Å²) in [6.07, 6.45) is 0. The molecule has 0 atom stereocenters. The van der Waals surface area contributed by atoms with E-state index < -0.39 is 34.6 Å². The van der Waals surface area contributed by atoms with Crippen molar-refractivity contribution in [2.75, 3.05) is 0 Å². The molecule has 0 nitrogen and oxygen atoms in total. The van der Waals surface area contributed by atoms with Crippen LogP contribution in [0.4, 0.5) is 22.0 Å². The molecule has 0 aliphatic rings. The number of halogens is 5. The predicted octanol–water partition coefficient (Wildman–Crippen LogP) is 6.30. The summed E-state index contributed by atoms with van der Waals surface area (Å²) in [6, 6.07) is 4.81. The fourth-order valence-corrected chi connectivity index (χ4v) is 2.35. The Morgan fingerprint density at radius 3 is 1.26 bits per heavy atom. The van der Waals surface area contributed by atoms with Crippen LogP contribution >= 0.6 is 0 Å². The molecule has 0 aliphatic heterocycles. The molecular formula is C18H17F5. The topological polar surface area (TPSA) is 0 Å². The fraction of sp³-hybridized carbons (Fsp3) is 0.333. The second-order valence-electron chi connectivity index (χ2n) is 6.14. The lowest BCUT2D eigenvalue weighted by Crippen LogP contribution is -2.05. The van der Waals surface area contributed by atoms with Crippen molar-refractivity contribution >= 4 is 0 Å². The van der Waals surface area contributed by atoms with Crippen molar-refractivity contribution in [3.63, 3.8) is 0 Å². The van der Waals surface area contributed by atoms with Crippen LogP contribution in [0.1, 0.15) is 50.7 Å². The van der Waals surface area contributed by atoms with Crippen LogP contribution in [0.3, 0.4) is 0 Å². The summed E-state index contributed by atoms with van der Waals surface area (Å²) in [5, 5.41) is 0. The molecule has 23 heavy (non-hydrogen) atoms. The lowest BCUT2D eigenvalue weighted by Gasteiger charge is -2.16. The summed E-state index contributed by atoms with van der Waals surface area (Å²) in [4.78, 5) is 0. The molecule has 124 valence electrons. The first-order valence-electron chi connectivity index (χ1n) is 7.31. The maximum absolute atomic E-state index is 14.0. The molecule has 0 N–H and O–H groups in total. The van der Waals surface area contributed by atoms with Crippen LogP contribution < -0.4 is 0 Å². The maximum Gasteiger partial charge on any atom is 0.200 e. The lowest BCUT2D eigenvalue weighted by molar-refractivity contribution is 0.381. The van der Waals surface area contributed by atoms with E-state index in [2.05, 4.69) is 0 Å². The first kappa shape index (κ1) is 17.4. The van der Waals surface area contributed by atoms with Crippen LogP contribution in [0.25, 0.3) is 11.1 Å². The van der Waals surface area contributed by atoms with Crippen molar-refractivity contribution in [3.05, 3.63) is 58.4 Å². The van der Waals surface area contributed by atoms with Crippen molar-refractivity contribution in [2.45, 2.75) is 39.5 Å². The molecule has 2 aromatic carbocycles. The SMILES string of the molecule is CC(C)c1cc(-c2c(F)c(F)c(F)c(F)c2F)cc(C(C)C)c1. The van der Waals surface area contributed by atoms with Crippen molar-refractivity contribution in [1.29, 1.82) is 0 Å². The first-order chi connectivity index (χ1) is 10.6. The van der Waals surface area contributed by atoms with E-state index in [1.165, 1.54) is 12.1 Å². The minimum absolute atomic E-state index is 0.00676. The van der Waals surface area contributed by atoms with Gasteiger partial charge in [-0.1, -0.05) is 45.9 Å². The van der Waals surface area contributed by atoms with Crippen LogP contribution in [0.15, 0.2) is 18.2 Å². The highest BCUT2D eigenvalue weighted by molar-refractivity contribution is 5.67. The van der Waals surface area contributed by atoms with Gasteiger partial charge in [0.15, 0.2) is 23.3 Å². The molecule has 2 aromatic rings. The first-order valence-corrected chi connectivity index (χ1v) is 7.31. The monoisotopic (exact) mass is 328 g/mol. The van der Waals surface area contributed by atoms with E-state index >= 15 is 0 Å². The Bertz CT molecular complexity index is 692. The van der Waals surface area contributed by atoms with E-state index in [-0.39, 0.29) is 17.4 Å². The van der Waals surface area contributed by atoms with Gasteiger partial charge >= 0.3 is 0 Å². The van der Waals surface area contributed by atoms with Gasteiger partial charge in [0.2, 0.25) is 5.82 Å². The van der Waals surface area contributed by atoms with Gasteiger partial charge < -0.3 is 0 Å². The number of rotatable bonds is 3. The third-order valence-corrected chi connectivity index (χ3v) is 3.81. The van der Waals surface area contributed by atoms with Crippen molar-refractivity contribution in [3.8, 4) is 11.1 Å². The van der Waals surface area contributed by atoms with Gasteiger partial charge in [0.25, 0.3) is 0 Å². The molecule has 0 saturated heterocycles. The summed E-state index contributed by atoms with van der Waals surface area (Å²) >= 11 is 0. The summed E-state index contributed by atoms with van der Waals surface area (Å²) in [7, 11) is 0. The number of hydrogen-bond acceptors (Lipinski definition) is 0. The van der Waals surface area contributed by atoms with Gasteiger partial charge in [-0.3, -0.25) is 0 Å². The van der Waals surface area contributed by atoms with Gasteiger partial charge in [-0.25, -0.2) is 22.0 Å². The smallest absolute Gasteiger partial charge is 0.200 e. The molecule has 0 heterocycles. The van der Waals surface area contributed by atoms with E-state index in [0.717, 1.165) is 11.1 Å². The average Bonchev–Trinajstić information content (AvgIpc) is 2.50. The van der Waals surface area contributed by atoms with Gasteiger partial charge in [-0.05, 0) is 28.5 Å². The molecule has 5 heteroatoms. The van der Waals surface area contributed by atoms with Crippen molar-refractivity contribution in [1.82, 2.24) is 0 Å². The molecule has 0 fully saturated rings. The normalized spacial score (nSPS) is 11.6. The van der Waals surface area contributed by atoms with Gasteiger partial charge in [0, 0.05) is 0 Å². The van der Waals surface area contributed by atoms with Gasteiger partial charge in [-0.2, -0.15) is 0 Å². The Morgan fingerprint density at radius 2 is 0.913 bits per heavy atom. The molecule has 0 radical (unpaired) electrons. The zero-order valence-electron chi connectivity index (χ0n) is 13.3. The van der Waals surface area contributed by atoms with Crippen molar-refractivity contribution in [2.24, 2.45) is 0 Å². The standard InChI is InChI=1S/C18H17F5/c1-8(2)10-5-11(9(3)4)7-12(6-10)13-14(19)16(21)18(23)17(22)15(13)20/h5-9H,1-4H3. The highest BCUT2D eigenvalue weighted by Gasteiger charge is 2.27. The Kier molecular flexibility index (Phi) is 4.78. The van der Waals surface area contributed by atoms with E-state index in [0.29, 0.717) is 0 Å². The molecule has 0 unspecified atom stereocenters. The van der Waals surface area contributed by atoms with Gasteiger partial charge in [-0.15, -0.1) is 0 Å². The zero-order valence-corrected chi connectivity index (χ0v) is 13.3. The molecule has 2 rings (SSSR count). The highest BCUT2D eigenvalue weighted by atomic mass is 19.2. The van der Waals surface area contributed by atoms with Crippen molar-refractivity contribution < 1.29 is 22.0 Å². The quantitative estimate of drug-likeness (QED) is 0.352. The minimum Gasteiger partial charge on any atom is -0.203 e. The van der Waals surface area contributed by atoms with E-state index in [1.807, 2.05) is 33.8 Å². The van der Waals surface area contributed by atoms with Crippen LogP contribution in [0.2, 0.25) is 0 Å². The third kappa shape index (κ3) is 3.09. The largest absolute Gasteiger partial charge is 0.203 e. The summed E-state index contributed by atoms with van der Waals surface area (Å²) in [5.74, 6) is -9.52. The second kappa shape index (κ2) is 6.30. The number of benzene rings is 2. The van der Waals surface area contributed by atoms with Gasteiger partial charge in [0.1, 0.15) is 0 Å². The molecule has 0 saturated carbocycles. The summed E-state index contributed by atoms with van der Waals surface area (Å²) < 4.78 is 68.2. The Morgan fingerprint density at radius 1 is 0.565 bits per heavy atom. The Balaban J connectivity index is 2.82. The predicted molar refractivity (Wildman–Crippen MR) is 79.8 cm³/mol. The van der Waals surface area contributed by atoms with Crippen LogP contribution in [-0.2, 0) is 0 Å². The third-order valence-electron chi connectivity index (χ3n) is 3.81. The molecule has 0 spiro atoms. The van der Waals surface area contributed by atoms with Gasteiger partial charge in [0.05, 0.1) is 5.56 Å². The lowest BCUT2D eigenvalue weighted by atomic mass is 9.90. The summed E-state index contributed by atoms with van der Waals surface area (Å²) in [5.41, 5.74) is 0.656. The fourth-order valence-electron chi connectivity index (χ4n) is 2.35. The Labute approximate surface area is 132 Å². The van der Waals surface area contributed by atoms with E-state index in [1.54, 1.807) is 0 Å². The van der Waals surface area contributed by atoms with Crippen LogP contribution in [0, 0.1) is 29.1 Å².